The van der Waals surface area contributed by atoms with E-state index < -0.39 is 18.1 Å². The summed E-state index contributed by atoms with van der Waals surface area (Å²) in [6, 6.07) is 13.1. The first-order valence-corrected chi connectivity index (χ1v) is 8.71. The van der Waals surface area contributed by atoms with Crippen LogP contribution in [-0.4, -0.2) is 29.7 Å². The molecule has 0 unspecified atom stereocenters. The van der Waals surface area contributed by atoms with Gasteiger partial charge in [0.1, 0.15) is 6.10 Å². The highest BCUT2D eigenvalue weighted by Crippen LogP contribution is 2.27. The second kappa shape index (κ2) is 7.66. The molecular weight excluding hydrogens is 318 g/mol. The maximum absolute atomic E-state index is 12.6. The zero-order valence-corrected chi connectivity index (χ0v) is 14.3. The third-order valence-corrected chi connectivity index (χ3v) is 4.87. The zero-order chi connectivity index (χ0) is 17.8. The van der Waals surface area contributed by atoms with Gasteiger partial charge in [-0.15, -0.1) is 0 Å². The van der Waals surface area contributed by atoms with Crippen LogP contribution in [0.4, 0.5) is 0 Å². The molecule has 2 aromatic carbocycles. The van der Waals surface area contributed by atoms with Crippen LogP contribution in [0.2, 0.25) is 0 Å². The van der Waals surface area contributed by atoms with Crippen LogP contribution in [-0.2, 0) is 14.3 Å². The number of aliphatic carboxylic acids is 1. The van der Waals surface area contributed by atoms with Crippen molar-refractivity contribution in [2.45, 2.75) is 38.3 Å². The van der Waals surface area contributed by atoms with Gasteiger partial charge in [-0.1, -0.05) is 49.7 Å². The maximum atomic E-state index is 12.6. The van der Waals surface area contributed by atoms with E-state index in [1.54, 1.807) is 0 Å². The Bertz CT molecular complexity index is 773. The molecule has 3 rings (SSSR count). The summed E-state index contributed by atoms with van der Waals surface area (Å²) in [6.45, 7) is 2.62. The fraction of sp³-hybridized carbons (Fsp3) is 0.400. The Morgan fingerprint density at radius 3 is 2.72 bits per heavy atom. The molecule has 1 fully saturated rings. The number of hydrogen-bond donors (Lipinski definition) is 2. The van der Waals surface area contributed by atoms with Crippen molar-refractivity contribution in [1.29, 1.82) is 0 Å². The van der Waals surface area contributed by atoms with Crippen LogP contribution in [0.3, 0.4) is 0 Å². The molecule has 1 heterocycles. The lowest BCUT2D eigenvalue weighted by Gasteiger charge is -2.22. The van der Waals surface area contributed by atoms with Crippen LogP contribution in [0.5, 0.6) is 0 Å². The first-order valence-electron chi connectivity index (χ1n) is 8.71. The van der Waals surface area contributed by atoms with E-state index >= 15 is 0 Å². The van der Waals surface area contributed by atoms with E-state index in [2.05, 4.69) is 5.32 Å². The van der Waals surface area contributed by atoms with E-state index in [1.807, 2.05) is 49.4 Å². The molecule has 0 bridgehead atoms. The van der Waals surface area contributed by atoms with Crippen molar-refractivity contribution in [2.75, 3.05) is 6.61 Å². The van der Waals surface area contributed by atoms with Gasteiger partial charge in [-0.3, -0.25) is 9.59 Å². The van der Waals surface area contributed by atoms with Gasteiger partial charge < -0.3 is 15.2 Å². The quantitative estimate of drug-likeness (QED) is 0.845. The van der Waals surface area contributed by atoms with Crippen LogP contribution in [0.25, 0.3) is 10.8 Å². The lowest BCUT2D eigenvalue weighted by Crippen LogP contribution is -2.40. The number of carbonyl (C=O) groups is 2. The average molecular weight is 341 g/mol. The van der Waals surface area contributed by atoms with Gasteiger partial charge in [-0.25, -0.2) is 0 Å². The van der Waals surface area contributed by atoms with E-state index in [1.165, 1.54) is 0 Å². The van der Waals surface area contributed by atoms with Crippen molar-refractivity contribution >= 4 is 22.6 Å². The smallest absolute Gasteiger partial charge is 0.305 e. The Kier molecular flexibility index (Phi) is 5.34. The SMILES string of the molecule is CC[C@@H]1CCO[C@@H]1C(=O)N[C@@H](CC(=O)O)c1ccc2ccccc2c1. The van der Waals surface area contributed by atoms with Gasteiger partial charge in [0.25, 0.3) is 0 Å². The number of ether oxygens (including phenoxy) is 1. The number of carboxylic acids is 1. The molecule has 0 radical (unpaired) electrons. The summed E-state index contributed by atoms with van der Waals surface area (Å²) < 4.78 is 5.57. The fourth-order valence-electron chi connectivity index (χ4n) is 3.45. The van der Waals surface area contributed by atoms with Crippen LogP contribution in [0.1, 0.15) is 37.8 Å². The van der Waals surface area contributed by atoms with Gasteiger partial charge in [0.05, 0.1) is 12.5 Å². The summed E-state index contributed by atoms with van der Waals surface area (Å²) in [6.07, 6.45) is 1.10. The topological polar surface area (TPSA) is 75.6 Å². The van der Waals surface area contributed by atoms with Crippen LogP contribution < -0.4 is 5.32 Å². The van der Waals surface area contributed by atoms with Crippen LogP contribution in [0.15, 0.2) is 42.5 Å². The third kappa shape index (κ3) is 3.99. The molecule has 1 saturated heterocycles. The lowest BCUT2D eigenvalue weighted by molar-refractivity contribution is -0.138. The highest BCUT2D eigenvalue weighted by Gasteiger charge is 2.34. The van der Waals surface area contributed by atoms with Gasteiger partial charge in [0.2, 0.25) is 5.91 Å². The van der Waals surface area contributed by atoms with E-state index in [0.29, 0.717) is 6.61 Å². The van der Waals surface area contributed by atoms with Gasteiger partial charge >= 0.3 is 5.97 Å². The van der Waals surface area contributed by atoms with E-state index in [9.17, 15) is 14.7 Å². The van der Waals surface area contributed by atoms with Crippen molar-refractivity contribution in [1.82, 2.24) is 5.32 Å². The van der Waals surface area contributed by atoms with Gasteiger partial charge in [-0.05, 0) is 34.7 Å². The van der Waals surface area contributed by atoms with Crippen molar-refractivity contribution in [3.8, 4) is 0 Å². The monoisotopic (exact) mass is 341 g/mol. The summed E-state index contributed by atoms with van der Waals surface area (Å²) in [7, 11) is 0. The lowest BCUT2D eigenvalue weighted by atomic mass is 9.96. The number of nitrogens with one attached hydrogen (secondary N) is 1. The zero-order valence-electron chi connectivity index (χ0n) is 14.3. The molecule has 132 valence electrons. The largest absolute Gasteiger partial charge is 0.481 e. The molecule has 0 aromatic heterocycles. The molecule has 5 heteroatoms. The molecule has 5 nitrogen and oxygen atoms in total. The first-order chi connectivity index (χ1) is 12.1. The second-order valence-corrected chi connectivity index (χ2v) is 6.51. The molecule has 0 spiro atoms. The molecule has 1 amide bonds. The fourth-order valence-corrected chi connectivity index (χ4v) is 3.45. The molecule has 1 aliphatic rings. The van der Waals surface area contributed by atoms with E-state index in [-0.39, 0.29) is 18.2 Å². The summed E-state index contributed by atoms with van der Waals surface area (Å²) >= 11 is 0. The minimum absolute atomic E-state index is 0.159. The number of amides is 1. The number of hydrogen-bond acceptors (Lipinski definition) is 3. The molecule has 2 N–H and O–H groups in total. The second-order valence-electron chi connectivity index (χ2n) is 6.51. The minimum Gasteiger partial charge on any atom is -0.481 e. The maximum Gasteiger partial charge on any atom is 0.305 e. The van der Waals surface area contributed by atoms with Crippen molar-refractivity contribution in [2.24, 2.45) is 5.92 Å². The first kappa shape index (κ1) is 17.4. The Morgan fingerprint density at radius 2 is 2.00 bits per heavy atom. The Hall–Kier alpha value is -2.40. The molecule has 3 atom stereocenters. The number of carbonyl (C=O) groups excluding carboxylic acids is 1. The normalized spacial score (nSPS) is 21.2. The van der Waals surface area contributed by atoms with Gasteiger partial charge in [0, 0.05) is 6.61 Å². The Morgan fingerprint density at radius 1 is 1.24 bits per heavy atom. The van der Waals surface area contributed by atoms with E-state index in [4.69, 9.17) is 4.74 Å². The Labute approximate surface area is 147 Å². The highest BCUT2D eigenvalue weighted by molar-refractivity contribution is 5.85. The molecule has 1 aliphatic heterocycles. The number of fused-ring (bicyclic) bond motifs is 1. The van der Waals surface area contributed by atoms with E-state index in [0.717, 1.165) is 29.2 Å². The molecule has 25 heavy (non-hydrogen) atoms. The molecule has 0 aliphatic carbocycles. The van der Waals surface area contributed by atoms with Crippen molar-refractivity contribution < 1.29 is 19.4 Å². The third-order valence-electron chi connectivity index (χ3n) is 4.87. The molecule has 2 aromatic rings. The standard InChI is InChI=1S/C20H23NO4/c1-2-13-9-10-25-19(13)20(24)21-17(12-18(22)23)16-8-7-14-5-3-4-6-15(14)11-16/h3-8,11,13,17,19H,2,9-10,12H2,1H3,(H,21,24)(H,22,23)/t13-,17+,19+/m1/s1. The average Bonchev–Trinajstić information content (AvgIpc) is 3.09. The predicted octanol–water partition coefficient (Wildman–Crippen LogP) is 3.29. The summed E-state index contributed by atoms with van der Waals surface area (Å²) in [5.41, 5.74) is 0.792. The van der Waals surface area contributed by atoms with Crippen molar-refractivity contribution in [3.05, 3.63) is 48.0 Å². The van der Waals surface area contributed by atoms with Crippen LogP contribution in [0, 0.1) is 5.92 Å². The minimum atomic E-state index is -0.946. The van der Waals surface area contributed by atoms with Crippen molar-refractivity contribution in [3.63, 3.8) is 0 Å². The molecule has 0 saturated carbocycles. The Balaban J connectivity index is 1.83. The van der Waals surface area contributed by atoms with Crippen LogP contribution >= 0.6 is 0 Å². The number of rotatable bonds is 6. The number of benzene rings is 2. The van der Waals surface area contributed by atoms with Gasteiger partial charge in [0.15, 0.2) is 0 Å². The van der Waals surface area contributed by atoms with Gasteiger partial charge in [-0.2, -0.15) is 0 Å². The predicted molar refractivity (Wildman–Crippen MR) is 95.2 cm³/mol. The highest BCUT2D eigenvalue weighted by atomic mass is 16.5. The summed E-state index contributed by atoms with van der Waals surface area (Å²) in [5, 5.41) is 14.2. The summed E-state index contributed by atoms with van der Waals surface area (Å²) in [5.74, 6) is -0.969. The summed E-state index contributed by atoms with van der Waals surface area (Å²) in [4.78, 5) is 23.9. The number of carboxylic acid groups (broad SMARTS) is 1. The molecular formula is C20H23NO4.